The Kier molecular flexibility index (Phi) is 5.79. The number of methoxy groups -OCH3 is 1. The zero-order valence-corrected chi connectivity index (χ0v) is 15.4. The molecule has 136 valence electrons. The molecule has 1 fully saturated rings. The molecule has 1 saturated heterocycles. The molecule has 1 heterocycles. The number of nitrogens with zero attached hydrogens (tertiary/aromatic N) is 2. The molecule has 1 aliphatic heterocycles. The van der Waals surface area contributed by atoms with Crippen molar-refractivity contribution in [3.63, 3.8) is 0 Å². The first-order valence-electron chi connectivity index (χ1n) is 8.13. The molecule has 1 aliphatic rings. The minimum absolute atomic E-state index is 0.146. The second-order valence-electron chi connectivity index (χ2n) is 5.57. The van der Waals surface area contributed by atoms with E-state index in [4.69, 9.17) is 14.7 Å². The van der Waals surface area contributed by atoms with Crippen LogP contribution in [0.3, 0.4) is 0 Å². The quantitative estimate of drug-likeness (QED) is 0.711. The summed E-state index contributed by atoms with van der Waals surface area (Å²) < 4.78 is 10.8. The van der Waals surface area contributed by atoms with E-state index in [1.54, 1.807) is 49.6 Å². The minimum Gasteiger partial charge on any atom is -0.493 e. The summed E-state index contributed by atoms with van der Waals surface area (Å²) in [5.74, 6) is 0.797. The topological polar surface area (TPSA) is 79.6 Å². The van der Waals surface area contributed by atoms with Crippen LogP contribution in [0, 0.1) is 11.3 Å². The highest BCUT2D eigenvalue weighted by molar-refractivity contribution is 8.18. The fraction of sp³-hybridized carbons (Fsp3) is 0.150. The maximum atomic E-state index is 12.5. The molecule has 0 radical (unpaired) electrons. The van der Waals surface area contributed by atoms with Gasteiger partial charge in [-0.05, 0) is 47.7 Å². The molecule has 0 atom stereocenters. The number of nitriles is 1. The van der Waals surface area contributed by atoms with Gasteiger partial charge in [-0.2, -0.15) is 5.26 Å². The molecule has 7 heteroatoms. The van der Waals surface area contributed by atoms with Crippen molar-refractivity contribution in [2.24, 2.45) is 0 Å². The highest BCUT2D eigenvalue weighted by atomic mass is 32.2. The van der Waals surface area contributed by atoms with Crippen molar-refractivity contribution in [1.82, 2.24) is 4.90 Å². The standard InChI is InChI=1S/C20H16N2O4S/c1-25-16-4-2-3-5-17(16)26-11-10-22-19(23)18(27-20(22)24)12-14-6-8-15(13-21)9-7-14/h2-9,12H,10-11H2,1H3/b18-12-. The van der Waals surface area contributed by atoms with Gasteiger partial charge in [-0.3, -0.25) is 14.5 Å². The van der Waals surface area contributed by atoms with Gasteiger partial charge in [0.15, 0.2) is 11.5 Å². The summed E-state index contributed by atoms with van der Waals surface area (Å²) in [7, 11) is 1.55. The lowest BCUT2D eigenvalue weighted by molar-refractivity contribution is -0.123. The summed E-state index contributed by atoms with van der Waals surface area (Å²) >= 11 is 0.894. The zero-order chi connectivity index (χ0) is 19.2. The van der Waals surface area contributed by atoms with Gasteiger partial charge in [0.05, 0.1) is 30.2 Å². The van der Waals surface area contributed by atoms with Crippen LogP contribution in [0.5, 0.6) is 11.5 Å². The zero-order valence-electron chi connectivity index (χ0n) is 14.5. The SMILES string of the molecule is COc1ccccc1OCCN1C(=O)S/C(=C\c2ccc(C#N)cc2)C1=O. The molecule has 0 aromatic heterocycles. The Bertz CT molecular complexity index is 932. The number of imide groups is 1. The predicted molar refractivity (Wildman–Crippen MR) is 102 cm³/mol. The number of rotatable bonds is 6. The molecule has 2 aromatic carbocycles. The van der Waals surface area contributed by atoms with E-state index in [0.717, 1.165) is 22.2 Å². The highest BCUT2D eigenvalue weighted by Crippen LogP contribution is 2.32. The number of benzene rings is 2. The first kappa shape index (κ1) is 18.5. The second-order valence-corrected chi connectivity index (χ2v) is 6.56. The predicted octanol–water partition coefficient (Wildman–Crippen LogP) is 3.68. The molecule has 0 bridgehead atoms. The van der Waals surface area contributed by atoms with Crippen molar-refractivity contribution in [2.45, 2.75) is 0 Å². The second kappa shape index (κ2) is 8.43. The number of hydrogen-bond donors (Lipinski definition) is 0. The van der Waals surface area contributed by atoms with Gasteiger partial charge in [-0.25, -0.2) is 0 Å². The Morgan fingerprint density at radius 1 is 1.11 bits per heavy atom. The van der Waals surface area contributed by atoms with Gasteiger partial charge in [-0.1, -0.05) is 24.3 Å². The Morgan fingerprint density at radius 3 is 2.48 bits per heavy atom. The van der Waals surface area contributed by atoms with Crippen molar-refractivity contribution in [3.8, 4) is 17.6 Å². The van der Waals surface area contributed by atoms with Crippen LogP contribution in [0.2, 0.25) is 0 Å². The number of para-hydroxylation sites is 2. The van der Waals surface area contributed by atoms with Crippen LogP contribution in [0.25, 0.3) is 6.08 Å². The fourth-order valence-electron chi connectivity index (χ4n) is 2.48. The summed E-state index contributed by atoms with van der Waals surface area (Å²) in [6.07, 6.45) is 1.65. The Hall–Kier alpha value is -3.24. The number of carbonyl (C=O) groups is 2. The normalized spacial score (nSPS) is 15.1. The minimum atomic E-state index is -0.349. The van der Waals surface area contributed by atoms with Crippen LogP contribution in [0.4, 0.5) is 4.79 Å². The van der Waals surface area contributed by atoms with E-state index in [-0.39, 0.29) is 24.3 Å². The average Bonchev–Trinajstić information content (AvgIpc) is 2.96. The monoisotopic (exact) mass is 380 g/mol. The number of ether oxygens (including phenoxy) is 2. The van der Waals surface area contributed by atoms with Crippen LogP contribution in [-0.4, -0.2) is 36.3 Å². The first-order valence-corrected chi connectivity index (χ1v) is 8.95. The van der Waals surface area contributed by atoms with Gasteiger partial charge < -0.3 is 9.47 Å². The molecule has 6 nitrogen and oxygen atoms in total. The van der Waals surface area contributed by atoms with E-state index >= 15 is 0 Å². The van der Waals surface area contributed by atoms with Crippen LogP contribution in [0.1, 0.15) is 11.1 Å². The average molecular weight is 380 g/mol. The van der Waals surface area contributed by atoms with E-state index < -0.39 is 0 Å². The Morgan fingerprint density at radius 2 is 1.81 bits per heavy atom. The molecular formula is C20H16N2O4S. The molecular weight excluding hydrogens is 364 g/mol. The molecule has 0 saturated carbocycles. The fourth-order valence-corrected chi connectivity index (χ4v) is 3.35. The van der Waals surface area contributed by atoms with E-state index in [9.17, 15) is 9.59 Å². The van der Waals surface area contributed by atoms with Crippen molar-refractivity contribution in [2.75, 3.05) is 20.3 Å². The maximum absolute atomic E-state index is 12.5. The van der Waals surface area contributed by atoms with E-state index in [1.807, 2.05) is 18.2 Å². The van der Waals surface area contributed by atoms with Crippen molar-refractivity contribution in [3.05, 3.63) is 64.6 Å². The number of thioether (sulfide) groups is 1. The molecule has 0 spiro atoms. The molecule has 0 aliphatic carbocycles. The Labute approximate surface area is 161 Å². The summed E-state index contributed by atoms with van der Waals surface area (Å²) in [6.45, 7) is 0.315. The van der Waals surface area contributed by atoms with Gasteiger partial charge in [-0.15, -0.1) is 0 Å². The first-order chi connectivity index (χ1) is 13.1. The summed E-state index contributed by atoms with van der Waals surface area (Å²) in [4.78, 5) is 26.2. The third kappa shape index (κ3) is 4.30. The third-order valence-electron chi connectivity index (χ3n) is 3.85. The van der Waals surface area contributed by atoms with Crippen LogP contribution in [0.15, 0.2) is 53.4 Å². The summed E-state index contributed by atoms with van der Waals surface area (Å²) in [6, 6.07) is 16.0. The summed E-state index contributed by atoms with van der Waals surface area (Å²) in [5, 5.41) is 8.50. The van der Waals surface area contributed by atoms with Crippen molar-refractivity contribution in [1.29, 1.82) is 5.26 Å². The molecule has 0 unspecified atom stereocenters. The van der Waals surface area contributed by atoms with Gasteiger partial charge in [0.1, 0.15) is 6.61 Å². The maximum Gasteiger partial charge on any atom is 0.293 e. The molecule has 27 heavy (non-hydrogen) atoms. The smallest absolute Gasteiger partial charge is 0.293 e. The summed E-state index contributed by atoms with van der Waals surface area (Å²) in [5.41, 5.74) is 1.29. The molecule has 2 amide bonds. The Balaban J connectivity index is 1.63. The van der Waals surface area contributed by atoms with Crippen LogP contribution in [-0.2, 0) is 4.79 Å². The van der Waals surface area contributed by atoms with E-state index in [2.05, 4.69) is 0 Å². The van der Waals surface area contributed by atoms with Crippen molar-refractivity contribution >= 4 is 29.0 Å². The van der Waals surface area contributed by atoms with Crippen LogP contribution >= 0.6 is 11.8 Å². The van der Waals surface area contributed by atoms with Crippen LogP contribution < -0.4 is 9.47 Å². The van der Waals surface area contributed by atoms with Gasteiger partial charge in [0.25, 0.3) is 11.1 Å². The highest BCUT2D eigenvalue weighted by Gasteiger charge is 2.34. The molecule has 0 N–H and O–H groups in total. The lowest BCUT2D eigenvalue weighted by Gasteiger charge is -2.14. The van der Waals surface area contributed by atoms with Gasteiger partial charge >= 0.3 is 0 Å². The third-order valence-corrected chi connectivity index (χ3v) is 4.76. The van der Waals surface area contributed by atoms with E-state index in [1.165, 1.54) is 0 Å². The number of carbonyl (C=O) groups excluding carboxylic acids is 2. The number of hydrogen-bond acceptors (Lipinski definition) is 6. The number of amides is 2. The molecule has 3 rings (SSSR count). The largest absolute Gasteiger partial charge is 0.493 e. The van der Waals surface area contributed by atoms with E-state index in [0.29, 0.717) is 22.0 Å². The lowest BCUT2D eigenvalue weighted by Crippen LogP contribution is -2.32. The molecule has 2 aromatic rings. The lowest BCUT2D eigenvalue weighted by atomic mass is 10.1. The van der Waals surface area contributed by atoms with Crippen molar-refractivity contribution < 1.29 is 19.1 Å². The van der Waals surface area contributed by atoms with Gasteiger partial charge in [0.2, 0.25) is 0 Å². The van der Waals surface area contributed by atoms with Gasteiger partial charge in [0, 0.05) is 0 Å².